The van der Waals surface area contributed by atoms with Gasteiger partial charge in [0.2, 0.25) is 5.95 Å². The normalized spacial score (nSPS) is 15.0. The fourth-order valence-electron chi connectivity index (χ4n) is 3.57. The van der Waals surface area contributed by atoms with E-state index in [0.29, 0.717) is 28.4 Å². The summed E-state index contributed by atoms with van der Waals surface area (Å²) in [6, 6.07) is 3.84. The van der Waals surface area contributed by atoms with Crippen LogP contribution in [0.3, 0.4) is 0 Å². The van der Waals surface area contributed by atoms with Gasteiger partial charge >= 0.3 is 0 Å². The van der Waals surface area contributed by atoms with E-state index in [1.54, 1.807) is 6.20 Å². The maximum atomic E-state index is 12.5. The van der Waals surface area contributed by atoms with E-state index in [-0.39, 0.29) is 0 Å². The Morgan fingerprint density at radius 3 is 2.90 bits per heavy atom. The molecule has 0 aromatic carbocycles. The molecule has 0 bridgehead atoms. The number of nitrogens with zero attached hydrogens (tertiary/aromatic N) is 4. The minimum absolute atomic E-state index is 0.366. The molecule has 0 radical (unpaired) electrons. The van der Waals surface area contributed by atoms with E-state index in [0.717, 1.165) is 28.7 Å². The molecule has 0 spiro atoms. The van der Waals surface area contributed by atoms with Crippen molar-refractivity contribution < 1.29 is 8.78 Å². The molecule has 0 aliphatic heterocycles. The highest BCUT2D eigenvalue weighted by molar-refractivity contribution is 5.93. The van der Waals surface area contributed by atoms with Crippen LogP contribution in [-0.4, -0.2) is 43.9 Å². The largest absolute Gasteiger partial charge is 0.378 e. The van der Waals surface area contributed by atoms with Gasteiger partial charge in [-0.05, 0) is 30.4 Å². The summed E-state index contributed by atoms with van der Waals surface area (Å²) in [5.74, 6) is 0.614. The summed E-state index contributed by atoms with van der Waals surface area (Å²) in [6.07, 6.45) is 7.26. The van der Waals surface area contributed by atoms with Crippen molar-refractivity contribution in [3.8, 4) is 11.1 Å². The number of fused-ring (bicyclic) bond motifs is 2. The third-order valence-electron chi connectivity index (χ3n) is 5.80. The average Bonchev–Trinajstić information content (AvgIpc) is 3.17. The Morgan fingerprint density at radius 2 is 2.13 bits per heavy atom. The smallest absolute Gasteiger partial charge is 0.255 e. The molecule has 1 aliphatic rings. The number of H-pyrrole nitrogens is 1. The third kappa shape index (κ3) is 3.83. The van der Waals surface area contributed by atoms with Gasteiger partial charge in [-0.25, -0.2) is 18.7 Å². The first-order valence-electron chi connectivity index (χ1n) is 10.2. The highest BCUT2D eigenvalue weighted by Crippen LogP contribution is 2.44. The van der Waals surface area contributed by atoms with E-state index >= 15 is 0 Å². The number of aromatic amines is 1. The van der Waals surface area contributed by atoms with E-state index < -0.39 is 13.0 Å². The zero-order valence-electron chi connectivity index (χ0n) is 17.1. The van der Waals surface area contributed by atoms with Crippen LogP contribution < -0.4 is 10.6 Å². The summed E-state index contributed by atoms with van der Waals surface area (Å²) >= 11 is 0. The molecular formula is C22H23F2N7. The molecule has 0 saturated heterocycles. The fourth-order valence-corrected chi connectivity index (χ4v) is 3.57. The van der Waals surface area contributed by atoms with Crippen LogP contribution in [0.4, 0.5) is 14.7 Å². The zero-order valence-corrected chi connectivity index (χ0v) is 17.1. The molecule has 1 fully saturated rings. The first-order chi connectivity index (χ1) is 14.9. The minimum Gasteiger partial charge on any atom is -0.378 e. The van der Waals surface area contributed by atoms with Gasteiger partial charge in [-0.15, -0.1) is 0 Å². The number of alkyl halides is 2. The van der Waals surface area contributed by atoms with Gasteiger partial charge < -0.3 is 15.6 Å². The number of rotatable bonds is 8. The molecule has 7 nitrogen and oxygen atoms in total. The van der Waals surface area contributed by atoms with Crippen molar-refractivity contribution in [2.45, 2.75) is 26.2 Å². The van der Waals surface area contributed by atoms with E-state index in [9.17, 15) is 8.78 Å². The summed E-state index contributed by atoms with van der Waals surface area (Å²) in [6.45, 7) is 6.54. The molecule has 160 valence electrons. The van der Waals surface area contributed by atoms with Crippen LogP contribution in [0, 0.1) is 5.41 Å². The molecule has 31 heavy (non-hydrogen) atoms. The minimum atomic E-state index is -2.45. The molecule has 4 aromatic heterocycles. The lowest BCUT2D eigenvalue weighted by atomic mass is 10.1. The second kappa shape index (κ2) is 7.33. The lowest BCUT2D eigenvalue weighted by molar-refractivity contribution is 0.151. The number of anilines is 1. The molecule has 0 atom stereocenters. The van der Waals surface area contributed by atoms with Crippen molar-refractivity contribution in [3.63, 3.8) is 0 Å². The lowest BCUT2D eigenvalue weighted by Gasteiger charge is -2.10. The van der Waals surface area contributed by atoms with Crippen LogP contribution in [0.1, 0.15) is 25.5 Å². The van der Waals surface area contributed by atoms with Gasteiger partial charge in [-0.2, -0.15) is 4.98 Å². The Morgan fingerprint density at radius 1 is 1.29 bits per heavy atom. The summed E-state index contributed by atoms with van der Waals surface area (Å²) in [5, 5.41) is 6.88. The Bertz CT molecular complexity index is 1270. The molecule has 1 aliphatic carbocycles. The van der Waals surface area contributed by atoms with Gasteiger partial charge in [0.25, 0.3) is 6.43 Å². The Balaban J connectivity index is 1.44. The van der Waals surface area contributed by atoms with Crippen LogP contribution >= 0.6 is 0 Å². The third-order valence-corrected chi connectivity index (χ3v) is 5.80. The van der Waals surface area contributed by atoms with Crippen molar-refractivity contribution in [2.75, 3.05) is 18.4 Å². The number of halogens is 2. The molecular weight excluding hydrogens is 400 g/mol. The van der Waals surface area contributed by atoms with Crippen LogP contribution in [0.5, 0.6) is 0 Å². The maximum absolute atomic E-state index is 12.5. The topological polar surface area (TPSA) is 82.9 Å². The molecule has 1 saturated carbocycles. The number of aromatic nitrogens is 5. The predicted octanol–water partition coefficient (Wildman–Crippen LogP) is 4.31. The number of imidazole rings is 1. The molecule has 3 N–H and O–H groups in total. The number of pyridine rings is 1. The summed E-state index contributed by atoms with van der Waals surface area (Å²) in [4.78, 5) is 16.6. The zero-order chi connectivity index (χ0) is 21.6. The van der Waals surface area contributed by atoms with Gasteiger partial charge in [0.15, 0.2) is 0 Å². The highest BCUT2D eigenvalue weighted by atomic mass is 19.3. The number of hydrogen-bond acceptors (Lipinski definition) is 5. The van der Waals surface area contributed by atoms with Crippen molar-refractivity contribution >= 4 is 28.3 Å². The van der Waals surface area contributed by atoms with Gasteiger partial charge in [0.05, 0.1) is 24.1 Å². The number of nitrogens with one attached hydrogen (secondary N) is 3. The second-order valence-corrected chi connectivity index (χ2v) is 8.36. The monoisotopic (exact) mass is 423 g/mol. The van der Waals surface area contributed by atoms with Crippen LogP contribution in [0.15, 0.2) is 43.5 Å². The molecule has 0 amide bonds. The predicted molar refractivity (Wildman–Crippen MR) is 117 cm³/mol. The van der Waals surface area contributed by atoms with Crippen LogP contribution in [0.25, 0.3) is 33.5 Å². The van der Waals surface area contributed by atoms with E-state index in [2.05, 4.69) is 44.1 Å². The van der Waals surface area contributed by atoms with Crippen molar-refractivity contribution in [3.05, 3.63) is 49.2 Å². The summed E-state index contributed by atoms with van der Waals surface area (Å²) < 4.78 is 26.9. The summed E-state index contributed by atoms with van der Waals surface area (Å²) in [7, 11) is 0. The SMILES string of the molecule is C=C(NCC(F)F)c1cnc2ccc(-c3c[nH]c4nc(NCC5(C)CC5)ncc34)cn12. The highest BCUT2D eigenvalue weighted by Gasteiger charge is 2.36. The van der Waals surface area contributed by atoms with Crippen molar-refractivity contribution in [2.24, 2.45) is 5.41 Å². The quantitative estimate of drug-likeness (QED) is 0.393. The maximum Gasteiger partial charge on any atom is 0.255 e. The lowest BCUT2D eigenvalue weighted by Crippen LogP contribution is -2.19. The fraction of sp³-hybridized carbons (Fsp3) is 0.318. The molecule has 0 unspecified atom stereocenters. The molecule has 4 heterocycles. The molecule has 5 rings (SSSR count). The average molecular weight is 423 g/mol. The molecule has 4 aromatic rings. The van der Waals surface area contributed by atoms with Gasteiger partial charge in [-0.1, -0.05) is 13.5 Å². The van der Waals surface area contributed by atoms with Crippen molar-refractivity contribution in [1.82, 2.24) is 29.7 Å². The summed E-state index contributed by atoms with van der Waals surface area (Å²) in [5.41, 5.74) is 4.72. The Kier molecular flexibility index (Phi) is 4.60. The van der Waals surface area contributed by atoms with Gasteiger partial charge in [-0.3, -0.25) is 4.40 Å². The van der Waals surface area contributed by atoms with Gasteiger partial charge in [0.1, 0.15) is 11.3 Å². The number of hydrogen-bond donors (Lipinski definition) is 3. The van der Waals surface area contributed by atoms with E-state index in [1.807, 2.05) is 35.1 Å². The van der Waals surface area contributed by atoms with Gasteiger partial charge in [0, 0.05) is 41.6 Å². The molecule has 9 heteroatoms. The Hall–Kier alpha value is -3.49. The first kappa shape index (κ1) is 19.5. The standard InChI is InChI=1S/C22H23F2N7/c1-13(25-10-18(23)24)17-9-26-19-4-3-14(11-31(17)19)15-7-27-20-16(15)8-28-21(30-20)29-12-22(2)5-6-22/h3-4,7-9,11,18,25H,1,5-6,10,12H2,2H3,(H2,27,28,29,30). The van der Waals surface area contributed by atoms with Crippen LogP contribution in [-0.2, 0) is 0 Å². The van der Waals surface area contributed by atoms with Crippen LogP contribution in [0.2, 0.25) is 0 Å². The van der Waals surface area contributed by atoms with E-state index in [4.69, 9.17) is 0 Å². The first-order valence-corrected chi connectivity index (χ1v) is 10.2. The van der Waals surface area contributed by atoms with E-state index in [1.165, 1.54) is 12.8 Å². The Labute approximate surface area is 177 Å². The second-order valence-electron chi connectivity index (χ2n) is 8.36. The van der Waals surface area contributed by atoms with Crippen molar-refractivity contribution in [1.29, 1.82) is 0 Å².